The van der Waals surface area contributed by atoms with Gasteiger partial charge in [0.05, 0.1) is 46.1 Å². The maximum atomic E-state index is 13.0. The summed E-state index contributed by atoms with van der Waals surface area (Å²) in [7, 11) is 4.53. The number of esters is 1. The zero-order chi connectivity index (χ0) is 22.5. The number of benzene rings is 1. The van der Waals surface area contributed by atoms with E-state index in [1.165, 1.54) is 21.3 Å². The summed E-state index contributed by atoms with van der Waals surface area (Å²) in [4.78, 5) is 28.5. The number of thiophene rings is 1. The molecular formula is C22H26N2O6S. The number of hydrogen-bond acceptors (Lipinski definition) is 7. The minimum Gasteiger partial charge on any atom is -0.493 e. The number of carbonyl (C=O) groups excluding carboxylic acids is 2. The summed E-state index contributed by atoms with van der Waals surface area (Å²) in [5.74, 6) is 0.782. The van der Waals surface area contributed by atoms with Crippen molar-refractivity contribution < 1.29 is 28.5 Å². The molecule has 2 amide bonds. The molecular weight excluding hydrogens is 420 g/mol. The first kappa shape index (κ1) is 22.5. The van der Waals surface area contributed by atoms with Crippen molar-refractivity contribution in [1.82, 2.24) is 10.2 Å². The van der Waals surface area contributed by atoms with Crippen LogP contribution < -0.4 is 19.5 Å². The monoisotopic (exact) mass is 446 g/mol. The second-order valence-corrected chi connectivity index (χ2v) is 7.76. The number of ether oxygens (including phenoxy) is 4. The number of rotatable bonds is 8. The van der Waals surface area contributed by atoms with E-state index in [0.29, 0.717) is 40.6 Å². The van der Waals surface area contributed by atoms with Gasteiger partial charge in [0.15, 0.2) is 11.5 Å². The van der Waals surface area contributed by atoms with E-state index in [-0.39, 0.29) is 12.6 Å². The fourth-order valence-electron chi connectivity index (χ4n) is 3.52. The number of allylic oxidation sites excluding steroid dienone is 1. The molecule has 8 nitrogen and oxygen atoms in total. The van der Waals surface area contributed by atoms with Gasteiger partial charge < -0.3 is 24.3 Å². The van der Waals surface area contributed by atoms with Gasteiger partial charge in [-0.1, -0.05) is 6.07 Å². The van der Waals surface area contributed by atoms with E-state index in [9.17, 15) is 9.59 Å². The minimum atomic E-state index is -0.736. The van der Waals surface area contributed by atoms with Crippen molar-refractivity contribution in [2.24, 2.45) is 0 Å². The van der Waals surface area contributed by atoms with Crippen LogP contribution in [0.3, 0.4) is 0 Å². The number of nitrogens with zero attached hydrogens (tertiary/aromatic N) is 1. The van der Waals surface area contributed by atoms with Crippen LogP contribution in [0.25, 0.3) is 0 Å². The van der Waals surface area contributed by atoms with Crippen LogP contribution in [0.4, 0.5) is 4.79 Å². The first-order valence-corrected chi connectivity index (χ1v) is 10.6. The summed E-state index contributed by atoms with van der Waals surface area (Å²) < 4.78 is 21.6. The van der Waals surface area contributed by atoms with Gasteiger partial charge in [0, 0.05) is 10.6 Å². The normalized spacial score (nSPS) is 16.1. The molecule has 166 valence electrons. The van der Waals surface area contributed by atoms with Crippen molar-refractivity contribution in [3.05, 3.63) is 51.4 Å². The third-order valence-electron chi connectivity index (χ3n) is 5.01. The largest absolute Gasteiger partial charge is 0.493 e. The zero-order valence-electron chi connectivity index (χ0n) is 18.2. The van der Waals surface area contributed by atoms with Gasteiger partial charge in [-0.2, -0.15) is 0 Å². The van der Waals surface area contributed by atoms with E-state index >= 15 is 0 Å². The highest BCUT2D eigenvalue weighted by Crippen LogP contribution is 2.42. The van der Waals surface area contributed by atoms with Crippen LogP contribution in [0.2, 0.25) is 0 Å². The average Bonchev–Trinajstić information content (AvgIpc) is 3.28. The molecule has 0 aliphatic carbocycles. The summed E-state index contributed by atoms with van der Waals surface area (Å²) in [6, 6.07) is 6.26. The van der Waals surface area contributed by atoms with Crippen LogP contribution in [0, 0.1) is 0 Å². The fraction of sp³-hybridized carbons (Fsp3) is 0.364. The molecule has 0 bridgehead atoms. The van der Waals surface area contributed by atoms with Crippen LogP contribution in [0.5, 0.6) is 17.2 Å². The summed E-state index contributed by atoms with van der Waals surface area (Å²) in [5, 5.41) is 4.88. The summed E-state index contributed by atoms with van der Waals surface area (Å²) in [6.07, 6.45) is 0. The first-order valence-electron chi connectivity index (χ1n) is 9.73. The van der Waals surface area contributed by atoms with E-state index < -0.39 is 12.0 Å². The van der Waals surface area contributed by atoms with Crippen LogP contribution in [-0.2, 0) is 16.1 Å². The van der Waals surface area contributed by atoms with E-state index in [1.807, 2.05) is 17.5 Å². The molecule has 1 N–H and O–H groups in total. The Balaban J connectivity index is 2.11. The topological polar surface area (TPSA) is 86.3 Å². The first-order chi connectivity index (χ1) is 14.9. The lowest BCUT2D eigenvalue weighted by atomic mass is 9.94. The van der Waals surface area contributed by atoms with Crippen LogP contribution in [0.1, 0.15) is 30.3 Å². The van der Waals surface area contributed by atoms with Crippen LogP contribution in [-0.4, -0.2) is 44.8 Å². The molecule has 2 aromatic rings. The molecule has 0 spiro atoms. The third-order valence-corrected chi connectivity index (χ3v) is 5.87. The second-order valence-electron chi connectivity index (χ2n) is 6.73. The molecule has 31 heavy (non-hydrogen) atoms. The van der Waals surface area contributed by atoms with Gasteiger partial charge in [-0.05, 0) is 43.0 Å². The van der Waals surface area contributed by atoms with Gasteiger partial charge in [0.25, 0.3) is 0 Å². The highest BCUT2D eigenvalue weighted by atomic mass is 32.1. The Kier molecular flexibility index (Phi) is 7.06. The lowest BCUT2D eigenvalue weighted by molar-refractivity contribution is -0.139. The summed E-state index contributed by atoms with van der Waals surface area (Å²) in [6.45, 7) is 4.08. The predicted octanol–water partition coefficient (Wildman–Crippen LogP) is 3.88. The lowest BCUT2D eigenvalue weighted by Gasteiger charge is -2.35. The van der Waals surface area contributed by atoms with Crippen LogP contribution >= 0.6 is 11.3 Å². The summed E-state index contributed by atoms with van der Waals surface area (Å²) in [5.41, 5.74) is 1.50. The van der Waals surface area contributed by atoms with Gasteiger partial charge in [0.2, 0.25) is 5.75 Å². The van der Waals surface area contributed by atoms with Gasteiger partial charge in [-0.3, -0.25) is 4.90 Å². The number of amides is 2. The lowest BCUT2D eigenvalue weighted by Crippen LogP contribution is -2.47. The number of hydrogen-bond donors (Lipinski definition) is 1. The molecule has 2 heterocycles. The molecule has 1 aromatic heterocycles. The van der Waals surface area contributed by atoms with E-state index in [4.69, 9.17) is 18.9 Å². The van der Waals surface area contributed by atoms with E-state index in [2.05, 4.69) is 5.32 Å². The zero-order valence-corrected chi connectivity index (χ0v) is 19.0. The van der Waals surface area contributed by atoms with Crippen LogP contribution in [0.15, 0.2) is 40.9 Å². The van der Waals surface area contributed by atoms with Crippen molar-refractivity contribution in [3.63, 3.8) is 0 Å². The molecule has 0 saturated carbocycles. The van der Waals surface area contributed by atoms with Crippen molar-refractivity contribution in [2.45, 2.75) is 26.4 Å². The fourth-order valence-corrected chi connectivity index (χ4v) is 4.21. The quantitative estimate of drug-likeness (QED) is 0.620. The number of nitrogens with one attached hydrogen (secondary N) is 1. The van der Waals surface area contributed by atoms with Gasteiger partial charge in [-0.25, -0.2) is 9.59 Å². The molecule has 1 aromatic carbocycles. The smallest absolute Gasteiger partial charge is 0.338 e. The molecule has 9 heteroatoms. The van der Waals surface area contributed by atoms with E-state index in [0.717, 1.165) is 4.88 Å². The highest BCUT2D eigenvalue weighted by molar-refractivity contribution is 7.09. The maximum absolute atomic E-state index is 13.0. The Morgan fingerprint density at radius 2 is 1.84 bits per heavy atom. The highest BCUT2D eigenvalue weighted by Gasteiger charge is 2.37. The standard InChI is InChI=1S/C22H26N2O6S/c1-6-30-21(25)18-13(2)24(12-15-8-7-9-31-15)22(26)23-19(18)14-10-16(27-3)20(29-5)17(11-14)28-4/h7-11,19H,6,12H2,1-5H3,(H,23,26)/t19-/m1/s1. The predicted molar refractivity (Wildman–Crippen MR) is 117 cm³/mol. The Morgan fingerprint density at radius 1 is 1.16 bits per heavy atom. The SMILES string of the molecule is CCOC(=O)C1=C(C)N(Cc2cccs2)C(=O)N[C@@H]1c1cc(OC)c(OC)c(OC)c1. The molecule has 0 saturated heterocycles. The molecule has 1 aliphatic rings. The van der Waals surface area contributed by atoms with Gasteiger partial charge in [-0.15, -0.1) is 11.3 Å². The van der Waals surface area contributed by atoms with E-state index in [1.54, 1.807) is 42.2 Å². The minimum absolute atomic E-state index is 0.219. The molecule has 0 radical (unpaired) electrons. The number of methoxy groups -OCH3 is 3. The molecule has 0 unspecified atom stereocenters. The Labute approximate surface area is 185 Å². The maximum Gasteiger partial charge on any atom is 0.338 e. The molecule has 3 rings (SSSR count). The van der Waals surface area contributed by atoms with Gasteiger partial charge >= 0.3 is 12.0 Å². The van der Waals surface area contributed by atoms with Crippen molar-refractivity contribution >= 4 is 23.3 Å². The Morgan fingerprint density at radius 3 is 2.35 bits per heavy atom. The summed E-state index contributed by atoms with van der Waals surface area (Å²) >= 11 is 1.54. The number of carbonyl (C=O) groups is 2. The Hall–Kier alpha value is -3.20. The second kappa shape index (κ2) is 9.74. The Bertz CT molecular complexity index is 961. The van der Waals surface area contributed by atoms with Gasteiger partial charge in [0.1, 0.15) is 0 Å². The number of urea groups is 1. The van der Waals surface area contributed by atoms with Crippen molar-refractivity contribution in [3.8, 4) is 17.2 Å². The third kappa shape index (κ3) is 4.46. The average molecular weight is 447 g/mol. The molecule has 0 fully saturated rings. The van der Waals surface area contributed by atoms with Crippen molar-refractivity contribution in [1.29, 1.82) is 0 Å². The molecule has 1 aliphatic heterocycles. The molecule has 1 atom stereocenters. The van der Waals surface area contributed by atoms with Crippen molar-refractivity contribution in [2.75, 3.05) is 27.9 Å².